The third-order valence-electron chi connectivity index (χ3n) is 8.53. The maximum absolute atomic E-state index is 13.5. The number of likely N-dealkylation sites (tertiary alicyclic amines) is 2. The van der Waals surface area contributed by atoms with Crippen molar-refractivity contribution >= 4 is 34.2 Å². The van der Waals surface area contributed by atoms with Crippen molar-refractivity contribution in [3.05, 3.63) is 106 Å². The average Bonchev–Trinajstić information content (AvgIpc) is 3.52. The molecule has 8 heteroatoms. The van der Waals surface area contributed by atoms with Gasteiger partial charge in [-0.1, -0.05) is 48.0 Å². The number of Topliss-reactive ketones (excluding diaryl/α,β-unsaturated/α-hetero) is 1. The molecule has 4 aromatic rings. The monoisotopic (exact) mass is 571 g/mol. The van der Waals surface area contributed by atoms with E-state index in [-0.39, 0.29) is 5.91 Å². The Labute approximate surface area is 250 Å². The van der Waals surface area contributed by atoms with Crippen molar-refractivity contribution in [2.75, 3.05) is 26.2 Å². The molecule has 0 unspecified atom stereocenters. The quantitative estimate of drug-likeness (QED) is 0.173. The van der Waals surface area contributed by atoms with E-state index in [4.69, 9.17) is 6.57 Å². The number of ketones is 1. The zero-order valence-corrected chi connectivity index (χ0v) is 24.2. The number of hydrogen-bond donors (Lipinski definition) is 1. The first kappa shape index (κ1) is 28.1. The summed E-state index contributed by atoms with van der Waals surface area (Å²) in [7, 11) is 0. The third kappa shape index (κ3) is 5.46. The average molecular weight is 572 g/mol. The van der Waals surface area contributed by atoms with E-state index in [0.717, 1.165) is 48.2 Å². The molecule has 0 atom stereocenters. The van der Waals surface area contributed by atoms with E-state index in [1.165, 1.54) is 6.42 Å². The summed E-state index contributed by atoms with van der Waals surface area (Å²) in [4.78, 5) is 55.0. The minimum atomic E-state index is -0.560. The van der Waals surface area contributed by atoms with Crippen molar-refractivity contribution in [1.82, 2.24) is 19.8 Å². The number of piperidine rings is 2. The smallest absolute Gasteiger partial charge is 0.295 e. The van der Waals surface area contributed by atoms with Crippen molar-refractivity contribution in [3.63, 3.8) is 0 Å². The van der Waals surface area contributed by atoms with Crippen LogP contribution in [0.5, 0.6) is 0 Å². The third-order valence-corrected chi connectivity index (χ3v) is 8.53. The van der Waals surface area contributed by atoms with Crippen molar-refractivity contribution in [3.8, 4) is 11.3 Å². The molecule has 2 fully saturated rings. The van der Waals surface area contributed by atoms with Gasteiger partial charge in [-0.15, -0.1) is 0 Å². The van der Waals surface area contributed by atoms with Crippen LogP contribution in [0.1, 0.15) is 63.9 Å². The van der Waals surface area contributed by atoms with Crippen LogP contribution in [0.25, 0.3) is 32.7 Å². The lowest BCUT2D eigenvalue weighted by Crippen LogP contribution is -2.40. The van der Waals surface area contributed by atoms with Gasteiger partial charge in [-0.3, -0.25) is 19.4 Å². The van der Waals surface area contributed by atoms with Gasteiger partial charge in [-0.05, 0) is 62.3 Å². The van der Waals surface area contributed by atoms with E-state index in [0.29, 0.717) is 59.4 Å². The zero-order chi connectivity index (χ0) is 29.9. The van der Waals surface area contributed by atoms with Gasteiger partial charge in [0.25, 0.3) is 17.6 Å². The number of pyridine rings is 1. The van der Waals surface area contributed by atoms with E-state index in [1.54, 1.807) is 17.3 Å². The number of nitrogens with one attached hydrogen (secondary N) is 1. The second kappa shape index (κ2) is 12.1. The molecule has 2 aromatic carbocycles. The van der Waals surface area contributed by atoms with Crippen LogP contribution in [0, 0.1) is 13.5 Å². The Morgan fingerprint density at radius 3 is 2.23 bits per heavy atom. The fourth-order valence-corrected chi connectivity index (χ4v) is 6.18. The van der Waals surface area contributed by atoms with Crippen LogP contribution >= 0.6 is 0 Å². The Kier molecular flexibility index (Phi) is 7.89. The van der Waals surface area contributed by atoms with Gasteiger partial charge in [0.2, 0.25) is 0 Å². The van der Waals surface area contributed by atoms with Crippen molar-refractivity contribution in [2.24, 2.45) is 0 Å². The normalized spacial score (nSPS) is 15.3. The Morgan fingerprint density at radius 2 is 1.56 bits per heavy atom. The summed E-state index contributed by atoms with van der Waals surface area (Å²) in [5.74, 6) is -1.05. The number of rotatable bonds is 5. The van der Waals surface area contributed by atoms with E-state index in [2.05, 4.69) is 14.8 Å². The van der Waals surface area contributed by atoms with Crippen LogP contribution in [0.2, 0.25) is 0 Å². The van der Waals surface area contributed by atoms with Gasteiger partial charge in [0, 0.05) is 55.1 Å². The molecular weight excluding hydrogens is 538 g/mol. The van der Waals surface area contributed by atoms with Crippen LogP contribution < -0.4 is 0 Å². The van der Waals surface area contributed by atoms with Gasteiger partial charge in [0.05, 0.1) is 23.3 Å². The standard InChI is InChI=1S/C35H33N5O3/c1-23-21-37-31(25-11-13-27(14-12-25)34(42)39-17-7-4-8-18-39)32-29(23)28(22-38-32)33(41)35(43)40-19-15-26(16-20-40)30(36-2)24-9-5-3-6-10-24/h3,5-6,9-14,21-22,38H,4,7-8,15-20H2,1H3. The van der Waals surface area contributed by atoms with Gasteiger partial charge >= 0.3 is 0 Å². The fourth-order valence-electron chi connectivity index (χ4n) is 6.18. The molecule has 0 radical (unpaired) electrons. The summed E-state index contributed by atoms with van der Waals surface area (Å²) in [6.07, 6.45) is 7.68. The topological polar surface area (TPSA) is 90.7 Å². The number of aromatic amines is 1. The van der Waals surface area contributed by atoms with Crippen LogP contribution in [-0.2, 0) is 4.79 Å². The predicted molar refractivity (Wildman–Crippen MR) is 166 cm³/mol. The van der Waals surface area contributed by atoms with Gasteiger partial charge in [0.1, 0.15) is 0 Å². The molecule has 2 aliphatic rings. The molecule has 1 N–H and O–H groups in total. The van der Waals surface area contributed by atoms with Gasteiger partial charge in [0.15, 0.2) is 5.70 Å². The highest BCUT2D eigenvalue weighted by molar-refractivity contribution is 6.45. The van der Waals surface area contributed by atoms with Crippen molar-refractivity contribution in [2.45, 2.75) is 39.0 Å². The van der Waals surface area contributed by atoms with Crippen LogP contribution in [0.3, 0.4) is 0 Å². The highest BCUT2D eigenvalue weighted by Crippen LogP contribution is 2.32. The maximum atomic E-state index is 13.5. The number of fused-ring (bicyclic) bond motifs is 1. The molecular formula is C35H33N5O3. The molecule has 2 saturated heterocycles. The molecule has 8 nitrogen and oxygen atoms in total. The predicted octanol–water partition coefficient (Wildman–Crippen LogP) is 6.30. The Morgan fingerprint density at radius 1 is 0.860 bits per heavy atom. The molecule has 4 heterocycles. The second-order valence-corrected chi connectivity index (χ2v) is 11.2. The summed E-state index contributed by atoms with van der Waals surface area (Å²) in [6, 6.07) is 17.0. The molecule has 43 heavy (non-hydrogen) atoms. The molecule has 2 aromatic heterocycles. The zero-order valence-electron chi connectivity index (χ0n) is 24.2. The highest BCUT2D eigenvalue weighted by atomic mass is 16.2. The summed E-state index contributed by atoms with van der Waals surface area (Å²) in [5.41, 5.74) is 6.45. The maximum Gasteiger partial charge on any atom is 0.295 e. The summed E-state index contributed by atoms with van der Waals surface area (Å²) < 4.78 is 0. The van der Waals surface area contributed by atoms with Gasteiger partial charge < -0.3 is 14.8 Å². The highest BCUT2D eigenvalue weighted by Gasteiger charge is 2.29. The number of nitrogens with zero attached hydrogens (tertiary/aromatic N) is 4. The molecule has 2 amide bonds. The molecule has 0 aliphatic carbocycles. The van der Waals surface area contributed by atoms with Crippen molar-refractivity contribution in [1.29, 1.82) is 0 Å². The lowest BCUT2D eigenvalue weighted by atomic mass is 9.97. The first-order valence-electron chi connectivity index (χ1n) is 14.8. The van der Waals surface area contributed by atoms with E-state index < -0.39 is 11.7 Å². The minimum absolute atomic E-state index is 0.0465. The number of amides is 2. The lowest BCUT2D eigenvalue weighted by molar-refractivity contribution is -0.126. The first-order chi connectivity index (χ1) is 21.0. The van der Waals surface area contributed by atoms with Gasteiger partial charge in [-0.25, -0.2) is 4.85 Å². The number of carbonyl (C=O) groups is 3. The summed E-state index contributed by atoms with van der Waals surface area (Å²) in [5, 5.41) is 0.675. The molecule has 216 valence electrons. The number of aromatic nitrogens is 2. The van der Waals surface area contributed by atoms with Crippen LogP contribution in [-0.4, -0.2) is 63.5 Å². The molecule has 0 spiro atoms. The van der Waals surface area contributed by atoms with E-state index in [1.807, 2.05) is 66.4 Å². The van der Waals surface area contributed by atoms with Crippen molar-refractivity contribution < 1.29 is 14.4 Å². The van der Waals surface area contributed by atoms with E-state index in [9.17, 15) is 14.4 Å². The molecule has 2 aliphatic heterocycles. The summed E-state index contributed by atoms with van der Waals surface area (Å²) in [6.45, 7) is 11.9. The van der Waals surface area contributed by atoms with Crippen LogP contribution in [0.4, 0.5) is 0 Å². The molecule has 0 bridgehead atoms. The minimum Gasteiger partial charge on any atom is -0.359 e. The number of hydrogen-bond acceptors (Lipinski definition) is 4. The van der Waals surface area contributed by atoms with Gasteiger partial charge in [-0.2, -0.15) is 0 Å². The Hall–Kier alpha value is -5.03. The fraction of sp³-hybridized carbons (Fsp3) is 0.286. The Balaban J connectivity index is 1.21. The number of carbonyl (C=O) groups excluding carboxylic acids is 3. The number of aryl methyl sites for hydroxylation is 1. The second-order valence-electron chi connectivity index (χ2n) is 11.2. The largest absolute Gasteiger partial charge is 0.359 e. The van der Waals surface area contributed by atoms with Crippen LogP contribution in [0.15, 0.2) is 72.6 Å². The Bertz CT molecular complexity index is 1760. The number of H-pyrrole nitrogens is 1. The number of benzene rings is 2. The first-order valence-corrected chi connectivity index (χ1v) is 14.8. The SMILES string of the molecule is [C-]#[N+]C(=C1CCN(C(=O)C(=O)c2c[nH]c3c(-c4ccc(C(=O)N5CCCCC5)cc4)ncc(C)c23)CC1)c1ccccc1. The lowest BCUT2D eigenvalue weighted by Gasteiger charge is -2.28. The molecule has 6 rings (SSSR count). The van der Waals surface area contributed by atoms with E-state index >= 15 is 0 Å². The molecule has 0 saturated carbocycles. The summed E-state index contributed by atoms with van der Waals surface area (Å²) >= 11 is 0.